The van der Waals surface area contributed by atoms with E-state index in [9.17, 15) is 13.2 Å². The Labute approximate surface area is 182 Å². The zero-order valence-electron chi connectivity index (χ0n) is 17.4. The predicted molar refractivity (Wildman–Crippen MR) is 111 cm³/mol. The summed E-state index contributed by atoms with van der Waals surface area (Å²) in [6.07, 6.45) is 3.23. The predicted octanol–water partition coefficient (Wildman–Crippen LogP) is 1.75. The second-order valence-corrected chi connectivity index (χ2v) is 10.9. The molecule has 1 saturated carbocycles. The number of ether oxygens (including phenoxy) is 4. The van der Waals surface area contributed by atoms with Crippen molar-refractivity contribution in [3.8, 4) is 11.5 Å². The minimum absolute atomic E-state index is 0.0174. The monoisotopic (exact) mass is 449 g/mol. The number of para-hydroxylation sites is 2. The average Bonchev–Trinajstić information content (AvgIpc) is 3.15. The smallest absolute Gasteiger partial charge is 0.208 e. The average molecular weight is 450 g/mol. The Bertz CT molecular complexity index is 991. The summed E-state index contributed by atoms with van der Waals surface area (Å²) in [4.78, 5) is 15.3. The molecule has 0 amide bonds. The number of benzene rings is 1. The van der Waals surface area contributed by atoms with Gasteiger partial charge in [-0.2, -0.15) is 0 Å². The molecule has 0 aromatic heterocycles. The van der Waals surface area contributed by atoms with Crippen LogP contribution in [0.25, 0.3) is 0 Å². The molecule has 1 aromatic carbocycles. The number of fused-ring (bicyclic) bond motifs is 3. The Kier molecular flexibility index (Phi) is 5.44. The number of carbonyl (C=O) groups is 1. The number of methoxy groups -OCH3 is 1. The molecule has 0 bridgehead atoms. The Balaban J connectivity index is 1.32. The first-order valence-electron chi connectivity index (χ1n) is 10.7. The Morgan fingerprint density at radius 2 is 1.94 bits per heavy atom. The van der Waals surface area contributed by atoms with E-state index in [2.05, 4.69) is 4.90 Å². The highest BCUT2D eigenvalue weighted by Gasteiger charge is 2.50. The summed E-state index contributed by atoms with van der Waals surface area (Å²) in [7, 11) is -1.41. The summed E-state index contributed by atoms with van der Waals surface area (Å²) in [5.41, 5.74) is 0. The summed E-state index contributed by atoms with van der Waals surface area (Å²) >= 11 is 0. The minimum atomic E-state index is -2.97. The van der Waals surface area contributed by atoms with E-state index in [-0.39, 0.29) is 53.1 Å². The van der Waals surface area contributed by atoms with Crippen molar-refractivity contribution in [3.63, 3.8) is 0 Å². The van der Waals surface area contributed by atoms with Gasteiger partial charge in [0.05, 0.1) is 37.4 Å². The second-order valence-electron chi connectivity index (χ2n) is 8.71. The van der Waals surface area contributed by atoms with Crippen molar-refractivity contribution in [3.05, 3.63) is 36.3 Å². The van der Waals surface area contributed by atoms with Gasteiger partial charge in [-0.3, -0.25) is 9.69 Å². The van der Waals surface area contributed by atoms with Gasteiger partial charge in [0.2, 0.25) is 11.5 Å². The lowest BCUT2D eigenvalue weighted by atomic mass is 9.73. The molecule has 1 aromatic rings. The number of allylic oxidation sites excluding steroid dienone is 1. The molecule has 0 spiro atoms. The number of nitrogens with zero attached hydrogens (tertiary/aromatic N) is 1. The van der Waals surface area contributed by atoms with E-state index in [1.165, 1.54) is 6.26 Å². The molecule has 5 rings (SSSR count). The number of ketones is 1. The Morgan fingerprint density at radius 1 is 1.13 bits per heavy atom. The molecule has 0 radical (unpaired) electrons. The molecule has 8 nitrogen and oxygen atoms in total. The highest BCUT2D eigenvalue weighted by molar-refractivity contribution is 7.91. The van der Waals surface area contributed by atoms with Gasteiger partial charge >= 0.3 is 0 Å². The topological polar surface area (TPSA) is 91.4 Å². The number of Topliss-reactive ketones (excluding diaryl/α,β-unsaturated/α-hetero) is 1. The van der Waals surface area contributed by atoms with Gasteiger partial charge in [-0.05, 0) is 31.4 Å². The number of hydrogen-bond donors (Lipinski definition) is 0. The van der Waals surface area contributed by atoms with E-state index in [1.807, 2.05) is 12.1 Å². The van der Waals surface area contributed by atoms with Crippen molar-refractivity contribution in [2.45, 2.75) is 37.5 Å². The van der Waals surface area contributed by atoms with Gasteiger partial charge in [0.1, 0.15) is 12.4 Å². The SMILES string of the molecule is COc1ccccc1OC1=COC2C(CCC3OCN(C4CCS(=O)(=O)C4)CC32)C1=O. The maximum atomic E-state index is 13.2. The van der Waals surface area contributed by atoms with Crippen LogP contribution in [0.3, 0.4) is 0 Å². The third-order valence-corrected chi connectivity index (χ3v) is 8.63. The first-order valence-corrected chi connectivity index (χ1v) is 12.5. The van der Waals surface area contributed by atoms with Crippen molar-refractivity contribution >= 4 is 15.6 Å². The molecule has 3 heterocycles. The number of sulfone groups is 1. The van der Waals surface area contributed by atoms with Crippen molar-refractivity contribution < 1.29 is 32.2 Å². The maximum absolute atomic E-state index is 13.2. The molecule has 31 heavy (non-hydrogen) atoms. The van der Waals surface area contributed by atoms with Crippen LogP contribution in [0, 0.1) is 11.8 Å². The van der Waals surface area contributed by atoms with Crippen LogP contribution in [0.15, 0.2) is 36.3 Å². The molecule has 5 unspecified atom stereocenters. The molecular weight excluding hydrogens is 422 g/mol. The van der Waals surface area contributed by atoms with Gasteiger partial charge < -0.3 is 18.9 Å². The van der Waals surface area contributed by atoms with Crippen LogP contribution in [0.1, 0.15) is 19.3 Å². The molecule has 2 saturated heterocycles. The Hall–Kier alpha value is -2.10. The van der Waals surface area contributed by atoms with Crippen LogP contribution in [0.2, 0.25) is 0 Å². The summed E-state index contributed by atoms with van der Waals surface area (Å²) in [5, 5.41) is 0. The van der Waals surface area contributed by atoms with E-state index in [0.717, 1.165) is 6.42 Å². The molecule has 3 aliphatic heterocycles. The third kappa shape index (κ3) is 3.94. The van der Waals surface area contributed by atoms with Crippen LogP contribution in [-0.4, -0.2) is 69.2 Å². The third-order valence-electron chi connectivity index (χ3n) is 6.88. The van der Waals surface area contributed by atoms with Gasteiger partial charge in [-0.15, -0.1) is 0 Å². The van der Waals surface area contributed by atoms with Crippen LogP contribution in [-0.2, 0) is 24.1 Å². The number of hydrogen-bond acceptors (Lipinski definition) is 8. The summed E-state index contributed by atoms with van der Waals surface area (Å²) in [5.74, 6) is 1.25. The van der Waals surface area contributed by atoms with E-state index in [0.29, 0.717) is 37.6 Å². The standard InChI is InChI=1S/C22H27NO7S/c1-27-18-4-2-3-5-19(18)30-20-11-28-22-15(21(20)24)6-7-17-16(22)10-23(13-29-17)14-8-9-31(25,26)12-14/h2-5,11,14-17,22H,6-10,12-13H2,1H3. The number of carbonyl (C=O) groups excluding carboxylic acids is 1. The fourth-order valence-corrected chi connectivity index (χ4v) is 7.01. The molecule has 0 N–H and O–H groups in total. The van der Waals surface area contributed by atoms with Gasteiger partial charge in [-0.25, -0.2) is 8.42 Å². The van der Waals surface area contributed by atoms with E-state index in [1.54, 1.807) is 19.2 Å². The highest BCUT2D eigenvalue weighted by Crippen LogP contribution is 2.42. The summed E-state index contributed by atoms with van der Waals surface area (Å²) < 4.78 is 47.1. The fourth-order valence-electron chi connectivity index (χ4n) is 5.25. The van der Waals surface area contributed by atoms with Gasteiger partial charge in [0, 0.05) is 18.5 Å². The largest absolute Gasteiger partial charge is 0.493 e. The Morgan fingerprint density at radius 3 is 2.68 bits per heavy atom. The second kappa shape index (κ2) is 8.11. The lowest BCUT2D eigenvalue weighted by Gasteiger charge is -2.49. The van der Waals surface area contributed by atoms with E-state index >= 15 is 0 Å². The minimum Gasteiger partial charge on any atom is -0.493 e. The van der Waals surface area contributed by atoms with Crippen LogP contribution >= 0.6 is 0 Å². The molecule has 3 fully saturated rings. The van der Waals surface area contributed by atoms with Crippen molar-refractivity contribution in [1.82, 2.24) is 4.90 Å². The molecular formula is C22H27NO7S. The van der Waals surface area contributed by atoms with Crippen LogP contribution in [0.5, 0.6) is 11.5 Å². The van der Waals surface area contributed by atoms with E-state index in [4.69, 9.17) is 18.9 Å². The molecule has 5 atom stereocenters. The zero-order chi connectivity index (χ0) is 21.6. The van der Waals surface area contributed by atoms with E-state index < -0.39 is 9.84 Å². The normalized spacial score (nSPS) is 34.8. The van der Waals surface area contributed by atoms with Crippen molar-refractivity contribution in [2.75, 3.05) is 31.9 Å². The molecule has 168 valence electrons. The lowest BCUT2D eigenvalue weighted by Crippen LogP contribution is -2.58. The quantitative estimate of drug-likeness (QED) is 0.687. The van der Waals surface area contributed by atoms with Crippen molar-refractivity contribution in [1.29, 1.82) is 0 Å². The van der Waals surface area contributed by atoms with Gasteiger partial charge in [0.15, 0.2) is 21.3 Å². The lowest BCUT2D eigenvalue weighted by molar-refractivity contribution is -0.178. The van der Waals surface area contributed by atoms with Gasteiger partial charge in [-0.1, -0.05) is 12.1 Å². The van der Waals surface area contributed by atoms with Gasteiger partial charge in [0.25, 0.3) is 0 Å². The first kappa shape index (κ1) is 20.8. The van der Waals surface area contributed by atoms with Crippen LogP contribution in [0.4, 0.5) is 0 Å². The molecule has 1 aliphatic carbocycles. The summed E-state index contributed by atoms with van der Waals surface area (Å²) in [6.45, 7) is 1.11. The van der Waals surface area contributed by atoms with Crippen molar-refractivity contribution in [2.24, 2.45) is 11.8 Å². The molecule has 4 aliphatic rings. The maximum Gasteiger partial charge on any atom is 0.208 e. The zero-order valence-corrected chi connectivity index (χ0v) is 18.3. The molecule has 9 heteroatoms. The highest BCUT2D eigenvalue weighted by atomic mass is 32.2. The van der Waals surface area contributed by atoms with Crippen LogP contribution < -0.4 is 9.47 Å². The summed E-state index contributed by atoms with van der Waals surface area (Å²) in [6, 6.07) is 7.15. The fraction of sp³-hybridized carbons (Fsp3) is 0.591. The number of rotatable bonds is 4. The first-order chi connectivity index (χ1) is 14.9.